The van der Waals surface area contributed by atoms with Crippen LogP contribution in [0.4, 0.5) is 0 Å². The van der Waals surface area contributed by atoms with Crippen molar-refractivity contribution >= 4 is 33.0 Å². The molecule has 0 amide bonds. The van der Waals surface area contributed by atoms with Crippen LogP contribution in [0, 0.1) is 0 Å². The molecule has 3 rings (SSSR count). The van der Waals surface area contributed by atoms with Crippen LogP contribution in [-0.4, -0.2) is 18.6 Å². The highest BCUT2D eigenvalue weighted by molar-refractivity contribution is 7.91. The average molecular weight is 382 g/mol. The Morgan fingerprint density at radius 2 is 1.92 bits per heavy atom. The summed E-state index contributed by atoms with van der Waals surface area (Å²) in [5.41, 5.74) is 1.63. The zero-order valence-corrected chi connectivity index (χ0v) is 14.6. The Balaban J connectivity index is 1.76. The van der Waals surface area contributed by atoms with E-state index in [-0.39, 0.29) is 16.3 Å². The van der Waals surface area contributed by atoms with Crippen molar-refractivity contribution in [1.29, 1.82) is 0 Å². The standard InChI is InChI=1S/C15H12ClN3O3S2/c16-12-3-1-10(2-4-12)8-17-24(21,22)15-7-11(9-23-15)13-5-6-14(20)19-18-13/h1-7,9,17H,8H2,(H,19,20). The molecule has 0 unspecified atom stereocenters. The minimum Gasteiger partial charge on any atom is -0.268 e. The van der Waals surface area contributed by atoms with E-state index in [1.165, 1.54) is 12.1 Å². The van der Waals surface area contributed by atoms with E-state index in [4.69, 9.17) is 11.6 Å². The van der Waals surface area contributed by atoms with E-state index in [1.807, 2.05) is 0 Å². The number of hydrogen-bond donors (Lipinski definition) is 2. The number of nitrogens with one attached hydrogen (secondary N) is 2. The van der Waals surface area contributed by atoms with Crippen LogP contribution in [0.5, 0.6) is 0 Å². The number of nitrogens with zero attached hydrogens (tertiary/aromatic N) is 1. The molecular formula is C15H12ClN3O3S2. The van der Waals surface area contributed by atoms with Crippen molar-refractivity contribution in [3.8, 4) is 11.3 Å². The Labute approximate surface area is 147 Å². The molecule has 0 aliphatic rings. The van der Waals surface area contributed by atoms with E-state index < -0.39 is 10.0 Å². The first kappa shape index (κ1) is 16.8. The monoisotopic (exact) mass is 381 g/mol. The molecule has 0 aliphatic carbocycles. The summed E-state index contributed by atoms with van der Waals surface area (Å²) in [5.74, 6) is 0. The molecule has 6 nitrogen and oxygen atoms in total. The molecule has 9 heteroatoms. The molecule has 3 aromatic rings. The van der Waals surface area contributed by atoms with E-state index >= 15 is 0 Å². The molecule has 0 saturated heterocycles. The van der Waals surface area contributed by atoms with Gasteiger partial charge in [0, 0.05) is 28.6 Å². The summed E-state index contributed by atoms with van der Waals surface area (Å²) in [4.78, 5) is 11.0. The van der Waals surface area contributed by atoms with Crippen molar-refractivity contribution in [2.45, 2.75) is 10.8 Å². The Morgan fingerprint density at radius 1 is 1.17 bits per heavy atom. The molecule has 0 spiro atoms. The lowest BCUT2D eigenvalue weighted by Gasteiger charge is -2.05. The SMILES string of the molecule is O=c1ccc(-c2csc(S(=O)(=O)NCc3ccc(Cl)cc3)c2)n[nH]1. The lowest BCUT2D eigenvalue weighted by atomic mass is 10.2. The second-order valence-electron chi connectivity index (χ2n) is 4.91. The first-order chi connectivity index (χ1) is 11.4. The van der Waals surface area contributed by atoms with Crippen LogP contribution in [0.3, 0.4) is 0 Å². The van der Waals surface area contributed by atoms with Crippen LogP contribution < -0.4 is 10.3 Å². The Kier molecular flexibility index (Phi) is 4.81. The maximum atomic E-state index is 12.4. The minimum atomic E-state index is -3.63. The van der Waals surface area contributed by atoms with Crippen molar-refractivity contribution in [2.75, 3.05) is 0 Å². The van der Waals surface area contributed by atoms with E-state index in [1.54, 1.807) is 35.7 Å². The van der Waals surface area contributed by atoms with E-state index in [2.05, 4.69) is 14.9 Å². The lowest BCUT2D eigenvalue weighted by molar-refractivity contribution is 0.583. The van der Waals surface area contributed by atoms with Gasteiger partial charge in [-0.2, -0.15) is 5.10 Å². The van der Waals surface area contributed by atoms with Gasteiger partial charge < -0.3 is 0 Å². The van der Waals surface area contributed by atoms with Crippen LogP contribution in [0.1, 0.15) is 5.56 Å². The van der Waals surface area contributed by atoms with Gasteiger partial charge in [0.05, 0.1) is 5.69 Å². The number of hydrogen-bond acceptors (Lipinski definition) is 5. The summed E-state index contributed by atoms with van der Waals surface area (Å²) < 4.78 is 27.5. The zero-order chi connectivity index (χ0) is 17.2. The first-order valence-corrected chi connectivity index (χ1v) is 9.57. The molecule has 24 heavy (non-hydrogen) atoms. The highest BCUT2D eigenvalue weighted by Gasteiger charge is 2.17. The molecule has 0 fully saturated rings. The first-order valence-electron chi connectivity index (χ1n) is 6.83. The molecule has 124 valence electrons. The quantitative estimate of drug-likeness (QED) is 0.710. The second kappa shape index (κ2) is 6.86. The maximum Gasteiger partial charge on any atom is 0.264 e. The molecule has 0 aliphatic heterocycles. The number of rotatable bonds is 5. The summed E-state index contributed by atoms with van der Waals surface area (Å²) in [6, 6.07) is 11.3. The van der Waals surface area contributed by atoms with Crippen molar-refractivity contribution in [3.63, 3.8) is 0 Å². The summed E-state index contributed by atoms with van der Waals surface area (Å²) in [5, 5.41) is 8.48. The molecule has 0 radical (unpaired) electrons. The van der Waals surface area contributed by atoms with Crippen LogP contribution in [-0.2, 0) is 16.6 Å². The average Bonchev–Trinajstić information content (AvgIpc) is 3.06. The Morgan fingerprint density at radius 3 is 2.58 bits per heavy atom. The number of H-pyrrole nitrogens is 1. The van der Waals surface area contributed by atoms with E-state index in [9.17, 15) is 13.2 Å². The third-order valence-electron chi connectivity index (χ3n) is 3.19. The Bertz CT molecular complexity index is 990. The largest absolute Gasteiger partial charge is 0.268 e. The highest BCUT2D eigenvalue weighted by atomic mass is 35.5. The molecule has 1 aromatic carbocycles. The highest BCUT2D eigenvalue weighted by Crippen LogP contribution is 2.26. The van der Waals surface area contributed by atoms with Gasteiger partial charge in [0.15, 0.2) is 0 Å². The molecule has 0 atom stereocenters. The fourth-order valence-corrected chi connectivity index (χ4v) is 4.31. The van der Waals surface area contributed by atoms with Gasteiger partial charge >= 0.3 is 0 Å². The maximum absolute atomic E-state index is 12.4. The zero-order valence-electron chi connectivity index (χ0n) is 12.2. The van der Waals surface area contributed by atoms with Crippen molar-refractivity contribution < 1.29 is 8.42 Å². The Hall–Kier alpha value is -2.00. The van der Waals surface area contributed by atoms with Crippen molar-refractivity contribution in [2.24, 2.45) is 0 Å². The van der Waals surface area contributed by atoms with Crippen LogP contribution in [0.2, 0.25) is 5.02 Å². The molecule has 0 saturated carbocycles. The summed E-state index contributed by atoms with van der Waals surface area (Å²) in [6.45, 7) is 0.170. The van der Waals surface area contributed by atoms with Crippen LogP contribution >= 0.6 is 22.9 Å². The van der Waals surface area contributed by atoms with Gasteiger partial charge in [-0.3, -0.25) is 4.79 Å². The molecule has 2 N–H and O–H groups in total. The predicted octanol–water partition coefficient (Wildman–Crippen LogP) is 2.63. The van der Waals surface area contributed by atoms with Gasteiger partial charge in [0.25, 0.3) is 5.56 Å². The lowest BCUT2D eigenvalue weighted by Crippen LogP contribution is -2.22. The number of benzene rings is 1. The summed E-state index contributed by atoms with van der Waals surface area (Å²) >= 11 is 6.89. The molecule has 0 bridgehead atoms. The smallest absolute Gasteiger partial charge is 0.264 e. The predicted molar refractivity (Wildman–Crippen MR) is 93.6 cm³/mol. The molecule has 2 aromatic heterocycles. The van der Waals surface area contributed by atoms with E-state index in [0.29, 0.717) is 16.3 Å². The van der Waals surface area contributed by atoms with Gasteiger partial charge in [-0.1, -0.05) is 23.7 Å². The number of aromatic nitrogens is 2. The van der Waals surface area contributed by atoms with Crippen molar-refractivity contribution in [3.05, 3.63) is 68.8 Å². The minimum absolute atomic E-state index is 0.170. The normalized spacial score (nSPS) is 11.5. The number of aromatic amines is 1. The number of halogens is 1. The van der Waals surface area contributed by atoms with Gasteiger partial charge in [-0.05, 0) is 29.8 Å². The van der Waals surface area contributed by atoms with Gasteiger partial charge in [0.2, 0.25) is 10.0 Å². The fraction of sp³-hybridized carbons (Fsp3) is 0.0667. The summed E-state index contributed by atoms with van der Waals surface area (Å²) in [6.07, 6.45) is 0. The van der Waals surface area contributed by atoms with Gasteiger partial charge in [0.1, 0.15) is 4.21 Å². The summed E-state index contributed by atoms with van der Waals surface area (Å²) in [7, 11) is -3.63. The number of sulfonamides is 1. The van der Waals surface area contributed by atoms with Gasteiger partial charge in [-0.25, -0.2) is 18.2 Å². The second-order valence-corrected chi connectivity index (χ2v) is 8.25. The van der Waals surface area contributed by atoms with E-state index in [0.717, 1.165) is 16.9 Å². The molecule has 2 heterocycles. The fourth-order valence-electron chi connectivity index (χ4n) is 1.95. The topological polar surface area (TPSA) is 91.9 Å². The van der Waals surface area contributed by atoms with Crippen molar-refractivity contribution in [1.82, 2.24) is 14.9 Å². The van der Waals surface area contributed by atoms with Gasteiger partial charge in [-0.15, -0.1) is 11.3 Å². The van der Waals surface area contributed by atoms with Crippen LogP contribution in [0.25, 0.3) is 11.3 Å². The molecular weight excluding hydrogens is 370 g/mol. The number of thiophene rings is 1. The third-order valence-corrected chi connectivity index (χ3v) is 6.29. The third kappa shape index (κ3) is 3.90. The van der Waals surface area contributed by atoms with Crippen LogP contribution in [0.15, 0.2) is 56.8 Å².